The third kappa shape index (κ3) is 3.66. The molecule has 1 fully saturated rings. The second-order valence-corrected chi connectivity index (χ2v) is 8.31. The number of carbonyl (C=O) groups excluding carboxylic acids is 1. The number of carbonyl (C=O) groups is 1. The van der Waals surface area contributed by atoms with E-state index < -0.39 is 0 Å². The number of rotatable bonds is 4. The van der Waals surface area contributed by atoms with Gasteiger partial charge in [0.25, 0.3) is 0 Å². The summed E-state index contributed by atoms with van der Waals surface area (Å²) in [5, 5.41) is 10.7. The highest BCUT2D eigenvalue weighted by atomic mass is 32.1. The lowest BCUT2D eigenvalue weighted by Crippen LogP contribution is -2.34. The Balaban J connectivity index is 1.55. The zero-order chi connectivity index (χ0) is 18.1. The van der Waals surface area contributed by atoms with Crippen molar-refractivity contribution in [3.05, 3.63) is 41.2 Å². The van der Waals surface area contributed by atoms with Crippen molar-refractivity contribution in [2.75, 3.05) is 20.1 Å². The molecule has 6 heteroatoms. The number of fused-ring (bicyclic) bond motifs is 1. The van der Waals surface area contributed by atoms with Crippen LogP contribution in [0.1, 0.15) is 23.5 Å². The van der Waals surface area contributed by atoms with Gasteiger partial charge < -0.3 is 4.90 Å². The number of likely N-dealkylation sites (tertiary alicyclic amines) is 1. The van der Waals surface area contributed by atoms with Gasteiger partial charge in [-0.15, -0.1) is 11.3 Å². The van der Waals surface area contributed by atoms with E-state index in [1.54, 1.807) is 11.3 Å². The Morgan fingerprint density at radius 2 is 2.04 bits per heavy atom. The van der Waals surface area contributed by atoms with Crippen molar-refractivity contribution in [1.29, 1.82) is 0 Å². The van der Waals surface area contributed by atoms with Gasteiger partial charge in [-0.25, -0.2) is 4.98 Å². The Morgan fingerprint density at radius 1 is 1.23 bits per heavy atom. The monoisotopic (exact) mass is 366 g/mol. The largest absolute Gasteiger partial charge is 0.306 e. The van der Waals surface area contributed by atoms with Crippen molar-refractivity contribution in [3.63, 3.8) is 0 Å². The Hall–Kier alpha value is -2.18. The third-order valence-electron chi connectivity index (χ3n) is 5.07. The van der Waals surface area contributed by atoms with E-state index in [1.165, 1.54) is 0 Å². The highest BCUT2D eigenvalue weighted by molar-refractivity contribution is 7.15. The minimum absolute atomic E-state index is 0.162. The zero-order valence-corrected chi connectivity index (χ0v) is 15.9. The van der Waals surface area contributed by atoms with Gasteiger partial charge in [-0.1, -0.05) is 6.07 Å². The summed E-state index contributed by atoms with van der Waals surface area (Å²) in [7, 11) is 2.11. The summed E-state index contributed by atoms with van der Waals surface area (Å²) < 4.78 is 0. The van der Waals surface area contributed by atoms with Crippen LogP contribution in [0, 0.1) is 12.8 Å². The quantitative estimate of drug-likeness (QED) is 0.707. The van der Waals surface area contributed by atoms with Crippen LogP contribution >= 0.6 is 11.3 Å². The van der Waals surface area contributed by atoms with E-state index in [0.29, 0.717) is 12.2 Å². The van der Waals surface area contributed by atoms with Gasteiger partial charge in [0, 0.05) is 17.5 Å². The molecule has 134 valence electrons. The van der Waals surface area contributed by atoms with Gasteiger partial charge >= 0.3 is 0 Å². The maximum Gasteiger partial charge on any atom is 0.142 e. The molecule has 0 saturated carbocycles. The molecule has 1 aliphatic rings. The predicted octanol–water partition coefficient (Wildman–Crippen LogP) is 3.52. The topological polar surface area (TPSA) is 59.0 Å². The first-order chi connectivity index (χ1) is 12.6. The summed E-state index contributed by atoms with van der Waals surface area (Å²) in [6.45, 7) is 4.00. The van der Waals surface area contributed by atoms with Gasteiger partial charge in [0.05, 0.1) is 27.5 Å². The molecule has 1 saturated heterocycles. The van der Waals surface area contributed by atoms with Gasteiger partial charge in [0.15, 0.2) is 0 Å². The first-order valence-corrected chi connectivity index (χ1v) is 9.80. The summed E-state index contributed by atoms with van der Waals surface area (Å²) in [5.74, 6) is 0.455. The number of ketones is 1. The van der Waals surface area contributed by atoms with Crippen LogP contribution in [-0.4, -0.2) is 46.0 Å². The van der Waals surface area contributed by atoms with Crippen LogP contribution in [0.2, 0.25) is 0 Å². The Bertz CT molecular complexity index is 944. The fraction of sp³-hybridized carbons (Fsp3) is 0.400. The van der Waals surface area contributed by atoms with Gasteiger partial charge in [-0.3, -0.25) is 4.79 Å². The van der Waals surface area contributed by atoms with E-state index in [9.17, 15) is 4.79 Å². The van der Waals surface area contributed by atoms with Crippen molar-refractivity contribution in [1.82, 2.24) is 20.1 Å². The second kappa shape index (κ2) is 7.21. The van der Waals surface area contributed by atoms with Gasteiger partial charge in [0.1, 0.15) is 5.78 Å². The van der Waals surface area contributed by atoms with Crippen LogP contribution in [0.4, 0.5) is 0 Å². The summed E-state index contributed by atoms with van der Waals surface area (Å²) in [6.07, 6.45) is 4.18. The molecule has 4 rings (SSSR count). The lowest BCUT2D eigenvalue weighted by molar-refractivity contribution is -0.123. The number of nitrogens with zero attached hydrogens (tertiary/aromatic N) is 4. The van der Waals surface area contributed by atoms with Crippen LogP contribution in [0.5, 0.6) is 0 Å². The molecule has 0 amide bonds. The molecule has 3 heterocycles. The number of hydrogen-bond acceptors (Lipinski definition) is 6. The average molecular weight is 366 g/mol. The molecule has 26 heavy (non-hydrogen) atoms. The maximum atomic E-state index is 12.6. The van der Waals surface area contributed by atoms with Crippen molar-refractivity contribution in [2.45, 2.75) is 26.2 Å². The standard InChI is InChI=1S/C20H22N4OS/c1-13-21-12-20(26-13)15-3-4-18-16(9-15)10-17(22-23-18)11-19(25)14-5-7-24(2)8-6-14/h3-4,9-10,12,14H,5-8,11H2,1-2H3. The van der Waals surface area contributed by atoms with E-state index in [2.05, 4.69) is 33.2 Å². The molecule has 0 unspecified atom stereocenters. The smallest absolute Gasteiger partial charge is 0.142 e. The molecule has 1 aromatic carbocycles. The number of aromatic nitrogens is 3. The molecular weight excluding hydrogens is 344 g/mol. The van der Waals surface area contributed by atoms with Gasteiger partial charge in [-0.05, 0) is 63.7 Å². The molecule has 0 radical (unpaired) electrons. The van der Waals surface area contributed by atoms with Crippen LogP contribution < -0.4 is 0 Å². The third-order valence-corrected chi connectivity index (χ3v) is 6.03. The SMILES string of the molecule is Cc1ncc(-c2ccc3nnc(CC(=O)C4CCN(C)CC4)cc3c2)s1. The fourth-order valence-corrected chi connectivity index (χ4v) is 4.25. The zero-order valence-electron chi connectivity index (χ0n) is 15.1. The Kier molecular flexibility index (Phi) is 4.78. The van der Waals surface area contributed by atoms with Crippen LogP contribution in [0.3, 0.4) is 0 Å². The minimum Gasteiger partial charge on any atom is -0.306 e. The van der Waals surface area contributed by atoms with Crippen molar-refractivity contribution in [2.24, 2.45) is 5.92 Å². The fourth-order valence-electron chi connectivity index (χ4n) is 3.48. The molecule has 0 atom stereocenters. The number of aryl methyl sites for hydroxylation is 1. The predicted molar refractivity (Wildman–Crippen MR) is 104 cm³/mol. The highest BCUT2D eigenvalue weighted by Crippen LogP contribution is 2.28. The molecule has 0 spiro atoms. The Labute approximate surface area is 157 Å². The first-order valence-electron chi connectivity index (χ1n) is 8.99. The van der Waals surface area contributed by atoms with Crippen LogP contribution in [0.15, 0.2) is 30.5 Å². The summed E-state index contributed by atoms with van der Waals surface area (Å²) >= 11 is 1.68. The van der Waals surface area contributed by atoms with Crippen LogP contribution in [0.25, 0.3) is 21.3 Å². The number of Topliss-reactive ketones (excluding diaryl/α,β-unsaturated/α-hetero) is 1. The number of hydrogen-bond donors (Lipinski definition) is 0. The molecule has 2 aromatic heterocycles. The maximum absolute atomic E-state index is 12.6. The summed E-state index contributed by atoms with van der Waals surface area (Å²) in [5.41, 5.74) is 2.74. The molecule has 5 nitrogen and oxygen atoms in total. The van der Waals surface area contributed by atoms with E-state index >= 15 is 0 Å². The van der Waals surface area contributed by atoms with E-state index in [-0.39, 0.29) is 5.92 Å². The average Bonchev–Trinajstić information content (AvgIpc) is 3.08. The molecule has 3 aromatic rings. The molecule has 0 N–H and O–H groups in total. The molecule has 0 bridgehead atoms. The van der Waals surface area contributed by atoms with Crippen LogP contribution in [-0.2, 0) is 11.2 Å². The summed E-state index contributed by atoms with van der Waals surface area (Å²) in [6, 6.07) is 8.15. The second-order valence-electron chi connectivity index (χ2n) is 7.07. The highest BCUT2D eigenvalue weighted by Gasteiger charge is 2.23. The number of piperidine rings is 1. The Morgan fingerprint density at radius 3 is 2.77 bits per heavy atom. The van der Waals surface area contributed by atoms with Crippen molar-refractivity contribution in [3.8, 4) is 10.4 Å². The number of thiazole rings is 1. The first kappa shape index (κ1) is 17.2. The van der Waals surface area contributed by atoms with E-state index in [4.69, 9.17) is 0 Å². The lowest BCUT2D eigenvalue weighted by Gasteiger charge is -2.27. The van der Waals surface area contributed by atoms with Crippen molar-refractivity contribution < 1.29 is 4.79 Å². The van der Waals surface area contributed by atoms with Crippen molar-refractivity contribution >= 4 is 28.0 Å². The number of benzene rings is 1. The normalized spacial score (nSPS) is 16.2. The lowest BCUT2D eigenvalue weighted by atomic mass is 9.90. The summed E-state index contributed by atoms with van der Waals surface area (Å²) in [4.78, 5) is 20.4. The minimum atomic E-state index is 0.162. The van der Waals surface area contributed by atoms with E-state index in [0.717, 1.165) is 58.0 Å². The molecular formula is C20H22N4OS. The van der Waals surface area contributed by atoms with Gasteiger partial charge in [0.2, 0.25) is 0 Å². The van der Waals surface area contributed by atoms with Gasteiger partial charge in [-0.2, -0.15) is 10.2 Å². The van der Waals surface area contributed by atoms with E-state index in [1.807, 2.05) is 31.3 Å². The molecule has 0 aliphatic carbocycles. The molecule has 1 aliphatic heterocycles.